The van der Waals surface area contributed by atoms with Gasteiger partial charge in [0.05, 0.1) is 11.9 Å². The second-order valence-electron chi connectivity index (χ2n) is 5.18. The van der Waals surface area contributed by atoms with Gasteiger partial charge >= 0.3 is 0 Å². The van der Waals surface area contributed by atoms with Gasteiger partial charge in [-0.2, -0.15) is 0 Å². The van der Waals surface area contributed by atoms with E-state index >= 15 is 0 Å². The van der Waals surface area contributed by atoms with Crippen LogP contribution in [0.5, 0.6) is 0 Å². The minimum absolute atomic E-state index is 0.307. The van der Waals surface area contributed by atoms with Crippen LogP contribution in [0.15, 0.2) is 34.7 Å². The van der Waals surface area contributed by atoms with Crippen LogP contribution in [-0.2, 0) is 10.0 Å². The Balaban J connectivity index is 2.06. The summed E-state index contributed by atoms with van der Waals surface area (Å²) in [7, 11) is -3.52. The van der Waals surface area contributed by atoms with E-state index in [-0.39, 0.29) is 0 Å². The Morgan fingerprint density at radius 3 is 2.52 bits per heavy atom. The van der Waals surface area contributed by atoms with Crippen LogP contribution in [0, 0.1) is 12.8 Å². The van der Waals surface area contributed by atoms with Crippen molar-refractivity contribution < 1.29 is 8.42 Å². The van der Waals surface area contributed by atoms with Crippen molar-refractivity contribution in [3.8, 4) is 0 Å². The molecular formula is C14H19N3O2S2. The van der Waals surface area contributed by atoms with Crippen LogP contribution < -0.4 is 10.0 Å². The lowest BCUT2D eigenvalue weighted by Gasteiger charge is -2.09. The van der Waals surface area contributed by atoms with Gasteiger partial charge in [-0.3, -0.25) is 4.72 Å². The topological polar surface area (TPSA) is 71.1 Å². The van der Waals surface area contributed by atoms with Crippen LogP contribution in [0.3, 0.4) is 0 Å². The Morgan fingerprint density at radius 2 is 2.00 bits per heavy atom. The van der Waals surface area contributed by atoms with Crippen LogP contribution in [0.25, 0.3) is 0 Å². The number of sulfonamides is 1. The molecule has 2 rings (SSSR count). The van der Waals surface area contributed by atoms with Crippen molar-refractivity contribution in [1.29, 1.82) is 0 Å². The molecule has 0 aliphatic heterocycles. The van der Waals surface area contributed by atoms with Crippen LogP contribution >= 0.6 is 11.3 Å². The van der Waals surface area contributed by atoms with E-state index in [4.69, 9.17) is 0 Å². The normalized spacial score (nSPS) is 11.6. The maximum absolute atomic E-state index is 12.2. The predicted molar refractivity (Wildman–Crippen MR) is 87.4 cm³/mol. The average molecular weight is 325 g/mol. The Kier molecular flexibility index (Phi) is 4.84. The number of aromatic nitrogens is 1. The third kappa shape index (κ3) is 4.44. The molecular weight excluding hydrogens is 306 g/mol. The fraction of sp³-hybridized carbons (Fsp3) is 0.357. The number of nitrogens with zero attached hydrogens (tertiary/aromatic N) is 1. The van der Waals surface area contributed by atoms with Gasteiger partial charge in [-0.25, -0.2) is 13.4 Å². The van der Waals surface area contributed by atoms with E-state index in [1.807, 2.05) is 6.92 Å². The van der Waals surface area contributed by atoms with Gasteiger partial charge in [0.2, 0.25) is 0 Å². The number of hydrogen-bond donors (Lipinski definition) is 2. The highest BCUT2D eigenvalue weighted by molar-refractivity contribution is 7.94. The number of pyridine rings is 1. The summed E-state index contributed by atoms with van der Waals surface area (Å²) in [4.78, 5) is 5.16. The molecule has 0 atom stereocenters. The molecule has 2 heterocycles. The first-order chi connectivity index (χ1) is 9.87. The summed E-state index contributed by atoms with van der Waals surface area (Å²) in [5.41, 5.74) is 0.455. The molecule has 0 spiro atoms. The number of anilines is 2. The first-order valence-corrected chi connectivity index (χ1v) is 8.96. The van der Waals surface area contributed by atoms with Crippen LogP contribution in [0.2, 0.25) is 0 Å². The van der Waals surface area contributed by atoms with Gasteiger partial charge in [-0.05, 0) is 37.1 Å². The van der Waals surface area contributed by atoms with E-state index in [9.17, 15) is 8.42 Å². The molecule has 0 aliphatic carbocycles. The van der Waals surface area contributed by atoms with Crippen molar-refractivity contribution in [2.24, 2.45) is 5.92 Å². The molecule has 0 radical (unpaired) electrons. The molecule has 21 heavy (non-hydrogen) atoms. The van der Waals surface area contributed by atoms with Crippen molar-refractivity contribution in [2.75, 3.05) is 16.6 Å². The van der Waals surface area contributed by atoms with Gasteiger partial charge in [0.1, 0.15) is 10.0 Å². The highest BCUT2D eigenvalue weighted by Crippen LogP contribution is 2.23. The third-order valence-corrected chi connectivity index (χ3v) is 5.56. The summed E-state index contributed by atoms with van der Waals surface area (Å²) in [5.74, 6) is 1.26. The van der Waals surface area contributed by atoms with Crippen molar-refractivity contribution in [1.82, 2.24) is 4.98 Å². The predicted octanol–water partition coefficient (Wildman–Crippen LogP) is 3.32. The van der Waals surface area contributed by atoms with E-state index in [0.717, 1.165) is 17.2 Å². The van der Waals surface area contributed by atoms with Crippen LogP contribution in [0.4, 0.5) is 11.5 Å². The van der Waals surface area contributed by atoms with Crippen molar-refractivity contribution >= 4 is 32.9 Å². The van der Waals surface area contributed by atoms with Crippen molar-refractivity contribution in [2.45, 2.75) is 25.0 Å². The molecule has 0 amide bonds. The highest BCUT2D eigenvalue weighted by Gasteiger charge is 2.16. The molecule has 0 aliphatic rings. The van der Waals surface area contributed by atoms with Crippen molar-refractivity contribution in [3.63, 3.8) is 0 Å². The van der Waals surface area contributed by atoms with Gasteiger partial charge in [0.15, 0.2) is 0 Å². The van der Waals surface area contributed by atoms with E-state index in [0.29, 0.717) is 15.8 Å². The fourth-order valence-electron chi connectivity index (χ4n) is 1.63. The second kappa shape index (κ2) is 6.44. The summed E-state index contributed by atoms with van der Waals surface area (Å²) in [6, 6.07) is 6.86. The molecule has 2 aromatic rings. The largest absolute Gasteiger partial charge is 0.370 e. The molecule has 7 heteroatoms. The summed E-state index contributed by atoms with van der Waals surface area (Å²) in [6.45, 7) is 6.92. The quantitative estimate of drug-likeness (QED) is 0.854. The lowest BCUT2D eigenvalue weighted by molar-refractivity contribution is 0.603. The average Bonchev–Trinajstić information content (AvgIpc) is 2.85. The van der Waals surface area contributed by atoms with Gasteiger partial charge < -0.3 is 5.32 Å². The molecule has 5 nitrogen and oxygen atoms in total. The number of rotatable bonds is 6. The Hall–Kier alpha value is -1.60. The SMILES string of the molecule is Cc1ccc(S(=O)(=O)Nc2ccc(NCC(C)C)nc2)s1. The zero-order chi connectivity index (χ0) is 15.5. The maximum Gasteiger partial charge on any atom is 0.271 e. The molecule has 0 fully saturated rings. The van der Waals surface area contributed by atoms with Gasteiger partial charge in [-0.1, -0.05) is 13.8 Å². The van der Waals surface area contributed by atoms with Gasteiger partial charge in [-0.15, -0.1) is 11.3 Å². The first-order valence-electron chi connectivity index (χ1n) is 6.66. The van der Waals surface area contributed by atoms with Crippen LogP contribution in [0.1, 0.15) is 18.7 Å². The van der Waals surface area contributed by atoms with Gasteiger partial charge in [0.25, 0.3) is 10.0 Å². The second-order valence-corrected chi connectivity index (χ2v) is 8.37. The summed E-state index contributed by atoms with van der Waals surface area (Å²) in [6.07, 6.45) is 1.51. The number of hydrogen-bond acceptors (Lipinski definition) is 5. The Labute approximate surface area is 129 Å². The van der Waals surface area contributed by atoms with E-state index in [1.165, 1.54) is 17.5 Å². The minimum Gasteiger partial charge on any atom is -0.370 e. The van der Waals surface area contributed by atoms with Gasteiger partial charge in [0, 0.05) is 11.4 Å². The first kappa shape index (κ1) is 15.8. The molecule has 0 unspecified atom stereocenters. The molecule has 114 valence electrons. The Morgan fingerprint density at radius 1 is 1.24 bits per heavy atom. The highest BCUT2D eigenvalue weighted by atomic mass is 32.2. The number of thiophene rings is 1. The molecule has 0 bridgehead atoms. The summed E-state index contributed by atoms with van der Waals surface area (Å²) < 4.78 is 27.2. The molecule has 0 aromatic carbocycles. The Bertz CT molecular complexity index is 691. The lowest BCUT2D eigenvalue weighted by atomic mass is 10.2. The standard InChI is InChI=1S/C14H19N3O2S2/c1-10(2)8-15-13-6-5-12(9-16-13)17-21(18,19)14-7-4-11(3)20-14/h4-7,9-10,17H,8H2,1-3H3,(H,15,16). The molecule has 0 saturated heterocycles. The minimum atomic E-state index is -3.52. The number of nitrogens with one attached hydrogen (secondary N) is 2. The zero-order valence-electron chi connectivity index (χ0n) is 12.3. The smallest absolute Gasteiger partial charge is 0.271 e. The monoisotopic (exact) mass is 325 g/mol. The molecule has 2 N–H and O–H groups in total. The third-order valence-electron chi connectivity index (χ3n) is 2.69. The van der Waals surface area contributed by atoms with E-state index in [1.54, 1.807) is 24.3 Å². The zero-order valence-corrected chi connectivity index (χ0v) is 13.9. The summed E-state index contributed by atoms with van der Waals surface area (Å²) >= 11 is 1.25. The lowest BCUT2D eigenvalue weighted by Crippen LogP contribution is -2.12. The van der Waals surface area contributed by atoms with E-state index in [2.05, 4.69) is 28.9 Å². The van der Waals surface area contributed by atoms with E-state index < -0.39 is 10.0 Å². The fourth-order valence-corrected chi connectivity index (χ4v) is 3.96. The van der Waals surface area contributed by atoms with Crippen molar-refractivity contribution in [3.05, 3.63) is 35.3 Å². The summed E-state index contributed by atoms with van der Waals surface area (Å²) in [5, 5.41) is 3.18. The van der Waals surface area contributed by atoms with Crippen LogP contribution in [-0.4, -0.2) is 19.9 Å². The maximum atomic E-state index is 12.2. The number of aryl methyl sites for hydroxylation is 1. The molecule has 0 saturated carbocycles. The molecule has 2 aromatic heterocycles.